The highest BCUT2D eigenvalue weighted by molar-refractivity contribution is 5.97. The molecule has 0 fully saturated rings. The van der Waals surface area contributed by atoms with Gasteiger partial charge in [0.15, 0.2) is 6.61 Å². The SMILES string of the molecule is O=C(COc1ccc(OCc2ccccc2)cc1)NNC(=O)c1cc2ccccc2oc1=O. The van der Waals surface area contributed by atoms with Crippen molar-refractivity contribution in [1.82, 2.24) is 10.9 Å². The van der Waals surface area contributed by atoms with Gasteiger partial charge in [-0.05, 0) is 42.0 Å². The molecule has 0 spiro atoms. The third kappa shape index (κ3) is 5.76. The highest BCUT2D eigenvalue weighted by atomic mass is 16.5. The molecule has 8 heteroatoms. The van der Waals surface area contributed by atoms with Crippen LogP contribution in [0.25, 0.3) is 11.0 Å². The van der Waals surface area contributed by atoms with E-state index >= 15 is 0 Å². The molecule has 4 aromatic rings. The number of hydrazine groups is 1. The van der Waals surface area contributed by atoms with Crippen molar-refractivity contribution in [3.8, 4) is 11.5 Å². The van der Waals surface area contributed by atoms with Crippen molar-refractivity contribution < 1.29 is 23.5 Å². The topological polar surface area (TPSA) is 107 Å². The largest absolute Gasteiger partial charge is 0.489 e. The highest BCUT2D eigenvalue weighted by Gasteiger charge is 2.14. The molecule has 0 radical (unpaired) electrons. The molecule has 2 amide bonds. The van der Waals surface area contributed by atoms with Crippen LogP contribution in [0.5, 0.6) is 11.5 Å². The summed E-state index contributed by atoms with van der Waals surface area (Å²) in [5, 5.41) is 0.591. The van der Waals surface area contributed by atoms with Crippen molar-refractivity contribution in [2.24, 2.45) is 0 Å². The quantitative estimate of drug-likeness (QED) is 0.335. The predicted octanol–water partition coefficient (Wildman–Crippen LogP) is 3.21. The molecule has 0 bridgehead atoms. The molecule has 33 heavy (non-hydrogen) atoms. The Balaban J connectivity index is 1.24. The van der Waals surface area contributed by atoms with Gasteiger partial charge in [-0.2, -0.15) is 0 Å². The van der Waals surface area contributed by atoms with Gasteiger partial charge in [0.1, 0.15) is 29.3 Å². The first-order valence-corrected chi connectivity index (χ1v) is 10.1. The number of rotatable bonds is 7. The fourth-order valence-electron chi connectivity index (χ4n) is 2.97. The second kappa shape index (κ2) is 10.1. The minimum Gasteiger partial charge on any atom is -0.489 e. The first-order chi connectivity index (χ1) is 16.1. The average molecular weight is 444 g/mol. The lowest BCUT2D eigenvalue weighted by molar-refractivity contribution is -0.123. The molecule has 4 rings (SSSR count). The Morgan fingerprint density at radius 1 is 0.788 bits per heavy atom. The van der Waals surface area contributed by atoms with Gasteiger partial charge in [-0.25, -0.2) is 4.79 Å². The molecular formula is C25H20N2O6. The smallest absolute Gasteiger partial charge is 0.349 e. The molecule has 0 saturated heterocycles. The van der Waals surface area contributed by atoms with E-state index in [9.17, 15) is 14.4 Å². The van der Waals surface area contributed by atoms with Crippen LogP contribution in [0.15, 0.2) is 94.1 Å². The van der Waals surface area contributed by atoms with Crippen LogP contribution in [-0.4, -0.2) is 18.4 Å². The monoisotopic (exact) mass is 444 g/mol. The molecule has 166 valence electrons. The normalized spacial score (nSPS) is 10.4. The van der Waals surface area contributed by atoms with E-state index in [1.165, 1.54) is 6.07 Å². The van der Waals surface area contributed by atoms with Crippen molar-refractivity contribution >= 4 is 22.8 Å². The number of hydrogen-bond acceptors (Lipinski definition) is 6. The number of para-hydroxylation sites is 1. The minimum absolute atomic E-state index is 0.221. The second-order valence-electron chi connectivity index (χ2n) is 7.02. The molecule has 0 unspecified atom stereocenters. The predicted molar refractivity (Wildman–Crippen MR) is 121 cm³/mol. The summed E-state index contributed by atoms with van der Waals surface area (Å²) in [4.78, 5) is 36.3. The Hall–Kier alpha value is -4.59. The summed E-state index contributed by atoms with van der Waals surface area (Å²) in [6, 6.07) is 24.8. The fourth-order valence-corrected chi connectivity index (χ4v) is 2.97. The third-order valence-electron chi connectivity index (χ3n) is 4.64. The summed E-state index contributed by atoms with van der Waals surface area (Å²) in [5.41, 5.74) is 4.79. The zero-order chi connectivity index (χ0) is 23.0. The Morgan fingerprint density at radius 2 is 1.45 bits per heavy atom. The van der Waals surface area contributed by atoms with Gasteiger partial charge in [-0.3, -0.25) is 20.4 Å². The van der Waals surface area contributed by atoms with Crippen LogP contribution in [0.2, 0.25) is 0 Å². The third-order valence-corrected chi connectivity index (χ3v) is 4.64. The number of carbonyl (C=O) groups is 2. The molecule has 0 aliphatic rings. The number of fused-ring (bicyclic) bond motifs is 1. The van der Waals surface area contributed by atoms with Crippen LogP contribution < -0.4 is 26.0 Å². The van der Waals surface area contributed by atoms with Gasteiger partial charge in [0, 0.05) is 5.39 Å². The average Bonchev–Trinajstić information content (AvgIpc) is 2.85. The Bertz CT molecular complexity index is 1320. The van der Waals surface area contributed by atoms with E-state index in [0.29, 0.717) is 29.1 Å². The van der Waals surface area contributed by atoms with Gasteiger partial charge >= 0.3 is 5.63 Å². The number of benzene rings is 3. The van der Waals surface area contributed by atoms with Crippen LogP contribution in [0.3, 0.4) is 0 Å². The molecular weight excluding hydrogens is 424 g/mol. The van der Waals surface area contributed by atoms with Gasteiger partial charge in [0.2, 0.25) is 0 Å². The molecule has 1 heterocycles. The van der Waals surface area contributed by atoms with Crippen LogP contribution in [0, 0.1) is 0 Å². The number of hydrogen-bond donors (Lipinski definition) is 2. The number of amides is 2. The summed E-state index contributed by atoms with van der Waals surface area (Å²) < 4.78 is 16.2. The molecule has 1 aromatic heterocycles. The van der Waals surface area contributed by atoms with Gasteiger partial charge in [-0.1, -0.05) is 48.5 Å². The van der Waals surface area contributed by atoms with Crippen LogP contribution >= 0.6 is 0 Å². The number of ether oxygens (including phenoxy) is 2. The lowest BCUT2D eigenvalue weighted by atomic mass is 10.2. The zero-order valence-corrected chi connectivity index (χ0v) is 17.4. The van der Waals surface area contributed by atoms with Gasteiger partial charge in [0.05, 0.1) is 0 Å². The van der Waals surface area contributed by atoms with Crippen molar-refractivity contribution in [1.29, 1.82) is 0 Å². The lowest BCUT2D eigenvalue weighted by Crippen LogP contribution is -2.45. The lowest BCUT2D eigenvalue weighted by Gasteiger charge is -2.10. The van der Waals surface area contributed by atoms with E-state index in [0.717, 1.165) is 5.56 Å². The number of carbonyl (C=O) groups excluding carboxylic acids is 2. The molecule has 0 aliphatic carbocycles. The van der Waals surface area contributed by atoms with E-state index in [1.54, 1.807) is 48.5 Å². The molecule has 3 aromatic carbocycles. The maximum absolute atomic E-state index is 12.2. The standard InChI is InChI=1S/C25H20N2O6/c28-23(26-27-24(29)21-14-18-8-4-5-9-22(18)33-25(21)30)16-32-20-12-10-19(11-13-20)31-15-17-6-2-1-3-7-17/h1-14H,15-16H2,(H,26,28)(H,27,29). The maximum Gasteiger partial charge on any atom is 0.349 e. The van der Waals surface area contributed by atoms with Crippen molar-refractivity contribution in [3.63, 3.8) is 0 Å². The summed E-state index contributed by atoms with van der Waals surface area (Å²) in [5.74, 6) is -0.267. The fraction of sp³-hybridized carbons (Fsp3) is 0.0800. The molecule has 0 saturated carbocycles. The van der Waals surface area contributed by atoms with Crippen LogP contribution in [-0.2, 0) is 11.4 Å². The van der Waals surface area contributed by atoms with Gasteiger partial charge in [-0.15, -0.1) is 0 Å². The van der Waals surface area contributed by atoms with E-state index in [4.69, 9.17) is 13.9 Å². The first-order valence-electron chi connectivity index (χ1n) is 10.1. The maximum atomic E-state index is 12.2. The summed E-state index contributed by atoms with van der Waals surface area (Å²) in [6.07, 6.45) is 0. The Kier molecular flexibility index (Phi) is 6.65. The molecule has 2 N–H and O–H groups in total. The zero-order valence-electron chi connectivity index (χ0n) is 17.4. The molecule has 0 aliphatic heterocycles. The van der Waals surface area contributed by atoms with E-state index in [1.807, 2.05) is 30.3 Å². The van der Waals surface area contributed by atoms with Crippen molar-refractivity contribution in [2.45, 2.75) is 6.61 Å². The molecule has 8 nitrogen and oxygen atoms in total. The molecule has 0 atom stereocenters. The van der Waals surface area contributed by atoms with Gasteiger partial charge in [0.25, 0.3) is 11.8 Å². The van der Waals surface area contributed by atoms with E-state index < -0.39 is 17.4 Å². The van der Waals surface area contributed by atoms with E-state index in [2.05, 4.69) is 10.9 Å². The minimum atomic E-state index is -0.800. The Labute approximate surface area is 188 Å². The van der Waals surface area contributed by atoms with Gasteiger partial charge < -0.3 is 13.9 Å². The van der Waals surface area contributed by atoms with Crippen LogP contribution in [0.1, 0.15) is 15.9 Å². The summed E-state index contributed by atoms with van der Waals surface area (Å²) in [7, 11) is 0. The van der Waals surface area contributed by atoms with Crippen molar-refractivity contribution in [2.75, 3.05) is 6.61 Å². The Morgan fingerprint density at radius 3 is 2.21 bits per heavy atom. The van der Waals surface area contributed by atoms with E-state index in [-0.39, 0.29) is 12.2 Å². The second-order valence-corrected chi connectivity index (χ2v) is 7.02. The summed E-state index contributed by atoms with van der Waals surface area (Å²) >= 11 is 0. The number of nitrogens with one attached hydrogen (secondary N) is 2. The van der Waals surface area contributed by atoms with Crippen molar-refractivity contribution in [3.05, 3.63) is 106 Å². The first kappa shape index (κ1) is 21.6. The van der Waals surface area contributed by atoms with Crippen LogP contribution in [0.4, 0.5) is 0 Å². The summed E-state index contributed by atoms with van der Waals surface area (Å²) in [6.45, 7) is 0.107. The highest BCUT2D eigenvalue weighted by Crippen LogP contribution is 2.18.